The molecule has 0 spiro atoms. The number of nitrogens with one attached hydrogen (secondary N) is 1. The average Bonchev–Trinajstić information content (AvgIpc) is 2.24. The molecule has 0 aliphatic heterocycles. The van der Waals surface area contributed by atoms with Gasteiger partial charge in [-0.05, 0) is 39.0 Å². The summed E-state index contributed by atoms with van der Waals surface area (Å²) in [4.78, 5) is 0. The molecule has 0 heterocycles. The van der Waals surface area contributed by atoms with E-state index >= 15 is 0 Å². The highest BCUT2D eigenvalue weighted by molar-refractivity contribution is 5.49. The molecule has 0 saturated carbocycles. The summed E-state index contributed by atoms with van der Waals surface area (Å²) in [6.45, 7) is 6.44. The molecule has 0 bridgehead atoms. The number of nitrogens with zero attached hydrogens (tertiary/aromatic N) is 1. The number of halogens is 1. The summed E-state index contributed by atoms with van der Waals surface area (Å²) in [5.41, 5.74) is 0.631. The Morgan fingerprint density at radius 2 is 2.06 bits per heavy atom. The van der Waals surface area contributed by atoms with Crippen LogP contribution >= 0.6 is 0 Å². The number of anilines is 1. The summed E-state index contributed by atoms with van der Waals surface area (Å²) in [5.74, 6) is 5.55. The SMILES string of the molecule is CC(C)(C)C#CCNc1ccc(C#N)cc1F. The van der Waals surface area contributed by atoms with E-state index in [2.05, 4.69) is 17.2 Å². The molecule has 0 unspecified atom stereocenters. The zero-order chi connectivity index (χ0) is 12.9. The van der Waals surface area contributed by atoms with E-state index in [0.717, 1.165) is 0 Å². The van der Waals surface area contributed by atoms with Crippen LogP contribution in [0, 0.1) is 34.4 Å². The van der Waals surface area contributed by atoms with Gasteiger partial charge in [0, 0.05) is 5.41 Å². The predicted molar refractivity (Wildman–Crippen MR) is 66.8 cm³/mol. The van der Waals surface area contributed by atoms with Gasteiger partial charge in [0.15, 0.2) is 0 Å². The van der Waals surface area contributed by atoms with Gasteiger partial charge in [-0.25, -0.2) is 4.39 Å². The summed E-state index contributed by atoms with van der Waals surface area (Å²) < 4.78 is 13.4. The number of benzene rings is 1. The maximum Gasteiger partial charge on any atom is 0.147 e. The Morgan fingerprint density at radius 1 is 1.35 bits per heavy atom. The highest BCUT2D eigenvalue weighted by Gasteiger charge is 2.04. The van der Waals surface area contributed by atoms with Crippen molar-refractivity contribution in [3.8, 4) is 17.9 Å². The van der Waals surface area contributed by atoms with Crippen LogP contribution in [-0.2, 0) is 0 Å². The van der Waals surface area contributed by atoms with Gasteiger partial charge in [-0.2, -0.15) is 5.26 Å². The minimum Gasteiger partial charge on any atom is -0.372 e. The molecule has 0 saturated heterocycles. The molecular weight excluding hydrogens is 215 g/mol. The molecule has 2 nitrogen and oxygen atoms in total. The average molecular weight is 230 g/mol. The summed E-state index contributed by atoms with van der Waals surface area (Å²) in [6, 6.07) is 6.21. The molecule has 17 heavy (non-hydrogen) atoms. The van der Waals surface area contributed by atoms with E-state index in [4.69, 9.17) is 5.26 Å². The van der Waals surface area contributed by atoms with Crippen LogP contribution in [0.1, 0.15) is 26.3 Å². The zero-order valence-corrected chi connectivity index (χ0v) is 10.3. The van der Waals surface area contributed by atoms with Gasteiger partial charge in [-0.15, -0.1) is 0 Å². The molecule has 3 heteroatoms. The van der Waals surface area contributed by atoms with Crippen LogP contribution in [0.3, 0.4) is 0 Å². The largest absolute Gasteiger partial charge is 0.372 e. The highest BCUT2D eigenvalue weighted by atomic mass is 19.1. The van der Waals surface area contributed by atoms with Crippen molar-refractivity contribution < 1.29 is 4.39 Å². The second-order valence-corrected chi connectivity index (χ2v) is 4.71. The van der Waals surface area contributed by atoms with Crippen molar-refractivity contribution in [3.05, 3.63) is 29.6 Å². The van der Waals surface area contributed by atoms with Crippen molar-refractivity contribution in [2.75, 3.05) is 11.9 Å². The molecule has 0 amide bonds. The molecule has 1 rings (SSSR count). The van der Waals surface area contributed by atoms with Gasteiger partial charge in [-0.1, -0.05) is 11.8 Å². The van der Waals surface area contributed by atoms with E-state index in [9.17, 15) is 4.39 Å². The van der Waals surface area contributed by atoms with Crippen molar-refractivity contribution in [1.82, 2.24) is 0 Å². The summed E-state index contributed by atoms with van der Waals surface area (Å²) in [6.07, 6.45) is 0. The fourth-order valence-electron chi connectivity index (χ4n) is 1.18. The van der Waals surface area contributed by atoms with Crippen LogP contribution in [0.15, 0.2) is 18.2 Å². The molecule has 0 aromatic heterocycles. The monoisotopic (exact) mass is 230 g/mol. The van der Waals surface area contributed by atoms with Crippen molar-refractivity contribution in [3.63, 3.8) is 0 Å². The van der Waals surface area contributed by atoms with E-state index < -0.39 is 5.82 Å². The molecule has 0 radical (unpaired) electrons. The number of hydrogen-bond donors (Lipinski definition) is 1. The van der Waals surface area contributed by atoms with Crippen LogP contribution in [0.4, 0.5) is 10.1 Å². The normalized spacial score (nSPS) is 10.1. The first kappa shape index (κ1) is 13.1. The Bertz CT molecular complexity index is 496. The quantitative estimate of drug-likeness (QED) is 0.792. The molecule has 0 aliphatic carbocycles. The lowest BCUT2D eigenvalue weighted by Gasteiger charge is -2.07. The third kappa shape index (κ3) is 4.57. The van der Waals surface area contributed by atoms with E-state index in [-0.39, 0.29) is 5.41 Å². The summed E-state index contributed by atoms with van der Waals surface area (Å²) in [5, 5.41) is 11.5. The Labute approximate surface area is 101 Å². The molecule has 88 valence electrons. The van der Waals surface area contributed by atoms with Crippen molar-refractivity contribution in [1.29, 1.82) is 5.26 Å². The zero-order valence-electron chi connectivity index (χ0n) is 10.3. The molecule has 1 aromatic rings. The predicted octanol–water partition coefficient (Wildman–Crippen LogP) is 3.16. The number of nitriles is 1. The van der Waals surface area contributed by atoms with Crippen molar-refractivity contribution in [2.24, 2.45) is 5.41 Å². The minimum absolute atomic E-state index is 0.0507. The molecule has 0 atom stereocenters. The van der Waals surface area contributed by atoms with Crippen LogP contribution in [0.5, 0.6) is 0 Å². The van der Waals surface area contributed by atoms with Crippen LogP contribution in [0.25, 0.3) is 0 Å². The van der Waals surface area contributed by atoms with E-state index in [0.29, 0.717) is 17.8 Å². The van der Waals surface area contributed by atoms with Crippen LogP contribution < -0.4 is 5.32 Å². The third-order valence-corrected chi connectivity index (χ3v) is 1.93. The summed E-state index contributed by atoms with van der Waals surface area (Å²) in [7, 11) is 0. The third-order valence-electron chi connectivity index (χ3n) is 1.93. The Kier molecular flexibility index (Phi) is 4.12. The first-order valence-corrected chi connectivity index (χ1v) is 5.36. The first-order chi connectivity index (χ1) is 7.92. The lowest BCUT2D eigenvalue weighted by molar-refractivity contribution is 0.570. The second-order valence-electron chi connectivity index (χ2n) is 4.71. The van der Waals surface area contributed by atoms with Gasteiger partial charge in [0.05, 0.1) is 23.9 Å². The van der Waals surface area contributed by atoms with Gasteiger partial charge in [0.25, 0.3) is 0 Å². The Balaban J connectivity index is 2.64. The maximum atomic E-state index is 13.4. The first-order valence-electron chi connectivity index (χ1n) is 5.36. The molecule has 1 aromatic carbocycles. The van der Waals surface area contributed by atoms with Gasteiger partial charge >= 0.3 is 0 Å². The number of rotatable bonds is 2. The molecule has 0 aliphatic rings. The van der Waals surface area contributed by atoms with Crippen LogP contribution in [0.2, 0.25) is 0 Å². The molecule has 0 fully saturated rings. The Morgan fingerprint density at radius 3 is 2.59 bits per heavy atom. The second kappa shape index (κ2) is 5.37. The smallest absolute Gasteiger partial charge is 0.147 e. The van der Waals surface area contributed by atoms with Gasteiger partial charge < -0.3 is 5.32 Å². The minimum atomic E-state index is -0.429. The molecule has 1 N–H and O–H groups in total. The highest BCUT2D eigenvalue weighted by Crippen LogP contribution is 2.15. The van der Waals surface area contributed by atoms with Crippen molar-refractivity contribution >= 4 is 5.69 Å². The lowest BCUT2D eigenvalue weighted by atomic mass is 9.98. The summed E-state index contributed by atoms with van der Waals surface area (Å²) >= 11 is 0. The standard InChI is InChI=1S/C14H15FN2/c1-14(2,3)7-4-8-17-13-6-5-11(10-16)9-12(13)15/h5-6,9,17H,8H2,1-3H3. The van der Waals surface area contributed by atoms with Gasteiger partial charge in [0.1, 0.15) is 5.82 Å². The van der Waals surface area contributed by atoms with Gasteiger partial charge in [-0.3, -0.25) is 0 Å². The van der Waals surface area contributed by atoms with E-state index in [1.165, 1.54) is 6.07 Å². The maximum absolute atomic E-state index is 13.4. The fourth-order valence-corrected chi connectivity index (χ4v) is 1.18. The van der Waals surface area contributed by atoms with Gasteiger partial charge in [0.2, 0.25) is 0 Å². The van der Waals surface area contributed by atoms with Crippen molar-refractivity contribution in [2.45, 2.75) is 20.8 Å². The lowest BCUT2D eigenvalue weighted by Crippen LogP contribution is -2.04. The fraction of sp³-hybridized carbons (Fsp3) is 0.357. The van der Waals surface area contributed by atoms with Crippen LogP contribution in [-0.4, -0.2) is 6.54 Å². The van der Waals surface area contributed by atoms with E-state index in [1.54, 1.807) is 12.1 Å². The number of hydrogen-bond acceptors (Lipinski definition) is 2. The molecular formula is C14H15FN2. The Hall–Kier alpha value is -2.00. The topological polar surface area (TPSA) is 35.8 Å². The van der Waals surface area contributed by atoms with E-state index in [1.807, 2.05) is 26.8 Å².